The van der Waals surface area contributed by atoms with Gasteiger partial charge in [-0.15, -0.1) is 13.2 Å². The lowest BCUT2D eigenvalue weighted by Crippen LogP contribution is -2.43. The molecule has 3 heterocycles. The lowest BCUT2D eigenvalue weighted by atomic mass is 10.1. The largest absolute Gasteiger partial charge is 0.573 e. The number of carbonyl (C=O) groups excluding carboxylic acids is 1. The Bertz CT molecular complexity index is 1070. The van der Waals surface area contributed by atoms with Gasteiger partial charge >= 0.3 is 12.4 Å². The topological polar surface area (TPSA) is 103 Å². The summed E-state index contributed by atoms with van der Waals surface area (Å²) in [6, 6.07) is 3.53. The van der Waals surface area contributed by atoms with Crippen LogP contribution in [0.15, 0.2) is 18.2 Å². The summed E-state index contributed by atoms with van der Waals surface area (Å²) in [6.45, 7) is 0.777. The first-order valence-corrected chi connectivity index (χ1v) is 9.77. The summed E-state index contributed by atoms with van der Waals surface area (Å²) in [4.78, 5) is 20.8. The van der Waals surface area contributed by atoms with Crippen molar-refractivity contribution in [2.75, 3.05) is 12.4 Å². The molecule has 1 aliphatic rings. The van der Waals surface area contributed by atoms with Gasteiger partial charge in [0.1, 0.15) is 17.9 Å². The molecule has 0 saturated carbocycles. The highest BCUT2D eigenvalue weighted by Gasteiger charge is 2.32. The van der Waals surface area contributed by atoms with Gasteiger partial charge in [0, 0.05) is 13.5 Å². The van der Waals surface area contributed by atoms with Crippen molar-refractivity contribution in [2.45, 2.75) is 38.4 Å². The highest BCUT2D eigenvalue weighted by molar-refractivity contribution is 7.22. The number of para-hydroxylation sites is 1. The van der Waals surface area contributed by atoms with Crippen LogP contribution in [0.1, 0.15) is 18.1 Å². The second kappa shape index (κ2) is 8.07. The summed E-state index contributed by atoms with van der Waals surface area (Å²) in [5.74, 6) is 1.01. The van der Waals surface area contributed by atoms with Gasteiger partial charge < -0.3 is 14.8 Å². The van der Waals surface area contributed by atoms with Gasteiger partial charge in [0.15, 0.2) is 16.7 Å². The number of ether oxygens (including phenoxy) is 2. The molecular weight excluding hydrogens is 425 g/mol. The first-order chi connectivity index (χ1) is 14.3. The molecule has 2 aromatic heterocycles. The molecule has 4 rings (SSSR count). The number of thiazole rings is 1. The van der Waals surface area contributed by atoms with Crippen LogP contribution in [0.25, 0.3) is 10.2 Å². The van der Waals surface area contributed by atoms with Crippen molar-refractivity contribution in [3.63, 3.8) is 0 Å². The Hall–Kier alpha value is -2.93. The maximum absolute atomic E-state index is 12.6. The number of hydrogen-bond acceptors (Lipinski definition) is 7. The van der Waals surface area contributed by atoms with Crippen LogP contribution in [0.2, 0.25) is 0 Å². The zero-order chi connectivity index (χ0) is 21.3. The van der Waals surface area contributed by atoms with Crippen LogP contribution in [-0.2, 0) is 24.3 Å². The molecule has 0 spiro atoms. The minimum Gasteiger partial charge on any atom is -0.403 e. The van der Waals surface area contributed by atoms with E-state index in [1.54, 1.807) is 17.9 Å². The fourth-order valence-electron chi connectivity index (χ4n) is 3.17. The summed E-state index contributed by atoms with van der Waals surface area (Å²) in [5.41, 5.74) is 0.0331. The van der Waals surface area contributed by atoms with E-state index in [0.29, 0.717) is 36.5 Å². The number of alkyl halides is 3. The van der Waals surface area contributed by atoms with E-state index in [0.717, 1.165) is 17.2 Å². The van der Waals surface area contributed by atoms with E-state index in [4.69, 9.17) is 4.74 Å². The van der Waals surface area contributed by atoms with Crippen LogP contribution in [0.5, 0.6) is 5.75 Å². The molecule has 1 aromatic carbocycles. The number of rotatable bonds is 5. The fourth-order valence-corrected chi connectivity index (χ4v) is 4.05. The molecule has 2 N–H and O–H groups in total. The van der Waals surface area contributed by atoms with Gasteiger partial charge in [0.25, 0.3) is 0 Å². The second-order valence-electron chi connectivity index (χ2n) is 6.56. The van der Waals surface area contributed by atoms with Crippen molar-refractivity contribution in [3.05, 3.63) is 29.8 Å². The number of carbonyl (C=O) groups is 1. The van der Waals surface area contributed by atoms with Gasteiger partial charge in [-0.1, -0.05) is 17.4 Å². The Labute approximate surface area is 172 Å². The summed E-state index contributed by atoms with van der Waals surface area (Å²) in [5, 5.41) is 9.92. The molecular formula is C17H17F3N6O3S. The van der Waals surface area contributed by atoms with Crippen LogP contribution in [0.3, 0.4) is 0 Å². The molecule has 1 aliphatic heterocycles. The van der Waals surface area contributed by atoms with Crippen molar-refractivity contribution >= 4 is 32.7 Å². The third kappa shape index (κ3) is 4.62. The maximum atomic E-state index is 12.6. The fraction of sp³-hybridized carbons (Fsp3) is 0.412. The number of methoxy groups -OCH3 is 1. The Kier molecular flexibility index (Phi) is 5.47. The molecule has 160 valence electrons. The molecule has 3 aromatic rings. The Balaban J connectivity index is 1.40. The minimum atomic E-state index is -4.83. The molecule has 30 heavy (non-hydrogen) atoms. The van der Waals surface area contributed by atoms with Gasteiger partial charge in [-0.05, 0) is 18.6 Å². The number of benzene rings is 1. The molecule has 13 heteroatoms. The third-order valence-corrected chi connectivity index (χ3v) is 5.27. The summed E-state index contributed by atoms with van der Waals surface area (Å²) in [7, 11) is 1.56. The van der Waals surface area contributed by atoms with Crippen LogP contribution in [-0.4, -0.2) is 45.3 Å². The third-order valence-electron chi connectivity index (χ3n) is 4.34. The van der Waals surface area contributed by atoms with Crippen LogP contribution in [0.4, 0.5) is 23.1 Å². The normalized spacial score (nSPS) is 16.3. The van der Waals surface area contributed by atoms with Crippen LogP contribution < -0.4 is 15.4 Å². The van der Waals surface area contributed by atoms with E-state index in [1.165, 1.54) is 12.1 Å². The van der Waals surface area contributed by atoms with E-state index in [9.17, 15) is 18.0 Å². The second-order valence-corrected chi connectivity index (χ2v) is 7.59. The summed E-state index contributed by atoms with van der Waals surface area (Å²) >= 11 is 1.05. The predicted molar refractivity (Wildman–Crippen MR) is 101 cm³/mol. The van der Waals surface area contributed by atoms with Crippen molar-refractivity contribution in [1.82, 2.24) is 25.1 Å². The maximum Gasteiger partial charge on any atom is 0.573 e. The van der Waals surface area contributed by atoms with E-state index >= 15 is 0 Å². The van der Waals surface area contributed by atoms with Crippen LogP contribution >= 0.6 is 11.3 Å². The average Bonchev–Trinajstić information content (AvgIpc) is 3.24. The van der Waals surface area contributed by atoms with Crippen LogP contribution in [0, 0.1) is 0 Å². The lowest BCUT2D eigenvalue weighted by molar-refractivity contribution is -0.274. The summed E-state index contributed by atoms with van der Waals surface area (Å²) < 4.78 is 48.9. The number of aryl methyl sites for hydroxylation is 1. The van der Waals surface area contributed by atoms with Gasteiger partial charge in [-0.3, -0.25) is 5.32 Å². The standard InChI is InChI=1S/C17H17F3N6O3S/c1-28-8-12-22-13-6-5-9(7-26(13)25-12)21-15(27)24-16-23-14-10(29-17(18,19)20)3-2-4-11(14)30-16/h2-4,9H,5-8H2,1H3,(H2,21,23,24,27). The minimum absolute atomic E-state index is 0.0331. The SMILES string of the molecule is COCc1nc2n(n1)CC(NC(=O)Nc1nc3c(OC(F)(F)F)cccc3s1)CC2. The van der Waals surface area contributed by atoms with Crippen molar-refractivity contribution < 1.29 is 27.4 Å². The number of hydrogen-bond donors (Lipinski definition) is 2. The molecule has 2 amide bonds. The zero-order valence-corrected chi connectivity index (χ0v) is 16.5. The molecule has 1 atom stereocenters. The molecule has 0 radical (unpaired) electrons. The Morgan fingerprint density at radius 3 is 2.97 bits per heavy atom. The van der Waals surface area contributed by atoms with E-state index in [2.05, 4.69) is 30.4 Å². The highest BCUT2D eigenvalue weighted by atomic mass is 32.1. The lowest BCUT2D eigenvalue weighted by Gasteiger charge is -2.23. The number of fused-ring (bicyclic) bond motifs is 2. The average molecular weight is 442 g/mol. The number of aromatic nitrogens is 4. The monoisotopic (exact) mass is 442 g/mol. The molecule has 0 saturated heterocycles. The molecule has 0 fully saturated rings. The molecule has 0 aliphatic carbocycles. The molecule has 0 bridgehead atoms. The highest BCUT2D eigenvalue weighted by Crippen LogP contribution is 2.34. The number of nitrogens with one attached hydrogen (secondary N) is 2. The predicted octanol–water partition coefficient (Wildman–Crippen LogP) is 3.07. The van der Waals surface area contributed by atoms with Crippen molar-refractivity contribution in [3.8, 4) is 5.75 Å². The van der Waals surface area contributed by atoms with Crippen molar-refractivity contribution in [2.24, 2.45) is 0 Å². The van der Waals surface area contributed by atoms with Gasteiger partial charge in [0.2, 0.25) is 0 Å². The number of amides is 2. The van der Waals surface area contributed by atoms with E-state index in [1.807, 2.05) is 0 Å². The number of anilines is 1. The molecule has 1 unspecified atom stereocenters. The van der Waals surface area contributed by atoms with E-state index in [-0.39, 0.29) is 16.7 Å². The van der Waals surface area contributed by atoms with Gasteiger partial charge in [0.05, 0.1) is 17.3 Å². The Morgan fingerprint density at radius 1 is 1.37 bits per heavy atom. The number of halogens is 3. The summed E-state index contributed by atoms with van der Waals surface area (Å²) in [6.07, 6.45) is -3.49. The molecule has 9 nitrogen and oxygen atoms in total. The number of urea groups is 1. The zero-order valence-electron chi connectivity index (χ0n) is 15.7. The quantitative estimate of drug-likeness (QED) is 0.630. The van der Waals surface area contributed by atoms with Crippen molar-refractivity contribution in [1.29, 1.82) is 0 Å². The Morgan fingerprint density at radius 2 is 2.20 bits per heavy atom. The van der Waals surface area contributed by atoms with E-state index < -0.39 is 18.1 Å². The number of nitrogens with zero attached hydrogens (tertiary/aromatic N) is 4. The smallest absolute Gasteiger partial charge is 0.403 e. The first-order valence-electron chi connectivity index (χ1n) is 8.95. The first kappa shape index (κ1) is 20.3. The van der Waals surface area contributed by atoms with Gasteiger partial charge in [-0.25, -0.2) is 19.4 Å². The van der Waals surface area contributed by atoms with Gasteiger partial charge in [-0.2, -0.15) is 5.10 Å².